The number of hydrogen-bond acceptors (Lipinski definition) is 7. The van der Waals surface area contributed by atoms with Gasteiger partial charge in [-0.1, -0.05) is 30.3 Å². The number of aryl methyl sites for hydroxylation is 1. The third-order valence-corrected chi connectivity index (χ3v) is 6.33. The second kappa shape index (κ2) is 8.10. The maximum absolute atomic E-state index is 11.8. The molecule has 0 atom stereocenters. The summed E-state index contributed by atoms with van der Waals surface area (Å²) < 4.78 is 25.3. The molecule has 164 valence electrons. The second-order valence-electron chi connectivity index (χ2n) is 7.64. The van der Waals surface area contributed by atoms with E-state index in [1.807, 2.05) is 49.4 Å². The Kier molecular flexibility index (Phi) is 5.10. The molecule has 5 rings (SSSR count). The Hall–Kier alpha value is -4.11. The highest BCUT2D eigenvalue weighted by atomic mass is 32.2. The van der Waals surface area contributed by atoms with Gasteiger partial charge in [-0.05, 0) is 48.9 Å². The van der Waals surface area contributed by atoms with Crippen molar-refractivity contribution in [2.75, 3.05) is 11.6 Å². The molecule has 0 saturated carbocycles. The number of hydrogen-bond donors (Lipinski definition) is 1. The number of sulfone groups is 1. The molecular weight excluding hydrogens is 436 g/mol. The van der Waals surface area contributed by atoms with Gasteiger partial charge >= 0.3 is 0 Å². The predicted molar refractivity (Wildman–Crippen MR) is 127 cm³/mol. The van der Waals surface area contributed by atoms with Crippen molar-refractivity contribution in [2.24, 2.45) is 0 Å². The molecule has 0 radical (unpaired) electrons. The lowest BCUT2D eigenvalue weighted by Crippen LogP contribution is -1.99. The van der Waals surface area contributed by atoms with E-state index >= 15 is 0 Å². The van der Waals surface area contributed by atoms with Gasteiger partial charge in [0.15, 0.2) is 9.84 Å². The molecule has 0 spiro atoms. The highest BCUT2D eigenvalue weighted by Gasteiger charge is 2.11. The van der Waals surface area contributed by atoms with Crippen LogP contribution in [-0.2, 0) is 9.84 Å². The van der Waals surface area contributed by atoms with Crippen molar-refractivity contribution in [3.63, 3.8) is 0 Å². The molecular formula is C24H20N6O2S. The first-order valence-corrected chi connectivity index (χ1v) is 12.1. The summed E-state index contributed by atoms with van der Waals surface area (Å²) in [4.78, 5) is 13.6. The number of rotatable bonds is 5. The first-order valence-electron chi connectivity index (χ1n) is 10.2. The van der Waals surface area contributed by atoms with E-state index in [0.29, 0.717) is 11.8 Å². The Morgan fingerprint density at radius 1 is 0.909 bits per heavy atom. The van der Waals surface area contributed by atoms with Crippen LogP contribution in [0.25, 0.3) is 27.7 Å². The first-order chi connectivity index (χ1) is 15.9. The number of para-hydroxylation sites is 1. The monoisotopic (exact) mass is 456 g/mol. The van der Waals surface area contributed by atoms with E-state index in [-0.39, 0.29) is 4.90 Å². The first kappa shape index (κ1) is 20.8. The fraction of sp³-hybridized carbons (Fsp3) is 0.0833. The highest BCUT2D eigenvalue weighted by molar-refractivity contribution is 7.90. The lowest BCUT2D eigenvalue weighted by atomic mass is 10.0. The summed E-state index contributed by atoms with van der Waals surface area (Å²) in [7, 11) is -3.25. The molecule has 2 heterocycles. The quantitative estimate of drug-likeness (QED) is 0.420. The zero-order chi connectivity index (χ0) is 23.0. The van der Waals surface area contributed by atoms with Crippen LogP contribution in [-0.4, -0.2) is 39.4 Å². The predicted octanol–water partition coefficient (Wildman–Crippen LogP) is 4.33. The van der Waals surface area contributed by atoms with Crippen molar-refractivity contribution in [1.82, 2.24) is 24.7 Å². The van der Waals surface area contributed by atoms with E-state index in [0.717, 1.165) is 33.4 Å². The molecule has 1 N–H and O–H groups in total. The smallest absolute Gasteiger partial charge is 0.227 e. The number of aromatic nitrogens is 5. The largest absolute Gasteiger partial charge is 0.324 e. The Labute approximate surface area is 190 Å². The lowest BCUT2D eigenvalue weighted by Gasteiger charge is -2.10. The molecule has 0 amide bonds. The number of nitrogens with one attached hydrogen (secondary N) is 1. The topological polar surface area (TPSA) is 103 Å². The molecule has 2 aromatic heterocycles. The third-order valence-electron chi connectivity index (χ3n) is 5.20. The van der Waals surface area contributed by atoms with Crippen LogP contribution in [0, 0.1) is 6.92 Å². The fourth-order valence-electron chi connectivity index (χ4n) is 3.53. The molecule has 0 bridgehead atoms. The van der Waals surface area contributed by atoms with Crippen LogP contribution < -0.4 is 5.32 Å². The summed E-state index contributed by atoms with van der Waals surface area (Å²) >= 11 is 0. The van der Waals surface area contributed by atoms with E-state index in [9.17, 15) is 8.42 Å². The van der Waals surface area contributed by atoms with E-state index in [4.69, 9.17) is 4.98 Å². The molecule has 9 heteroatoms. The summed E-state index contributed by atoms with van der Waals surface area (Å²) in [6.45, 7) is 1.85. The Morgan fingerprint density at radius 2 is 1.67 bits per heavy atom. The van der Waals surface area contributed by atoms with Gasteiger partial charge in [0, 0.05) is 29.1 Å². The van der Waals surface area contributed by atoms with E-state index < -0.39 is 9.84 Å². The fourth-order valence-corrected chi connectivity index (χ4v) is 4.16. The minimum atomic E-state index is -3.25. The number of anilines is 2. The molecule has 0 unspecified atom stereocenters. The molecule has 0 fully saturated rings. The lowest BCUT2D eigenvalue weighted by molar-refractivity contribution is 0.602. The SMILES string of the molecule is Cc1ncn(-c2ccc(Nc3ncc4cccc(-c5ccc(S(C)(=O)=O)cc5)c4n3)cc2)n1. The van der Waals surface area contributed by atoms with Gasteiger partial charge in [-0.3, -0.25) is 0 Å². The summed E-state index contributed by atoms with van der Waals surface area (Å²) in [6.07, 6.45) is 4.64. The van der Waals surface area contributed by atoms with Crippen LogP contribution in [0.1, 0.15) is 5.82 Å². The summed E-state index contributed by atoms with van der Waals surface area (Å²) in [5.41, 5.74) is 4.29. The third kappa shape index (κ3) is 4.31. The van der Waals surface area contributed by atoms with Gasteiger partial charge in [0.2, 0.25) is 5.95 Å². The normalized spacial score (nSPS) is 11.6. The van der Waals surface area contributed by atoms with Gasteiger partial charge < -0.3 is 5.32 Å². The van der Waals surface area contributed by atoms with Gasteiger partial charge in [-0.15, -0.1) is 0 Å². The molecule has 0 aliphatic heterocycles. The maximum Gasteiger partial charge on any atom is 0.227 e. The van der Waals surface area contributed by atoms with E-state index in [2.05, 4.69) is 20.4 Å². The average molecular weight is 457 g/mol. The zero-order valence-corrected chi connectivity index (χ0v) is 18.8. The van der Waals surface area contributed by atoms with Crippen LogP contribution in [0.4, 0.5) is 11.6 Å². The van der Waals surface area contributed by atoms with Crippen LogP contribution >= 0.6 is 0 Å². The number of benzene rings is 3. The van der Waals surface area contributed by atoms with Gasteiger partial charge in [-0.2, -0.15) is 5.10 Å². The van der Waals surface area contributed by atoms with Crippen molar-refractivity contribution in [3.05, 3.63) is 85.1 Å². The molecule has 0 aliphatic carbocycles. The molecule has 0 saturated heterocycles. The van der Waals surface area contributed by atoms with Crippen molar-refractivity contribution in [3.8, 4) is 16.8 Å². The molecule has 8 nitrogen and oxygen atoms in total. The Balaban J connectivity index is 1.46. The average Bonchev–Trinajstić information content (AvgIpc) is 3.25. The Morgan fingerprint density at radius 3 is 2.33 bits per heavy atom. The zero-order valence-electron chi connectivity index (χ0n) is 18.0. The van der Waals surface area contributed by atoms with E-state index in [1.54, 1.807) is 41.5 Å². The molecule has 3 aromatic carbocycles. The minimum absolute atomic E-state index is 0.285. The molecule has 0 aliphatic rings. The standard InChI is InChI=1S/C24H20N6O2S/c1-16-26-15-30(29-16)20-10-8-19(9-11-20)27-24-25-14-18-4-3-5-22(23(18)28-24)17-6-12-21(13-7-17)33(2,31)32/h3-15H,1-2H3,(H,25,27,28). The number of nitrogens with zero attached hydrogens (tertiary/aromatic N) is 5. The summed E-state index contributed by atoms with van der Waals surface area (Å²) in [5, 5.41) is 8.44. The van der Waals surface area contributed by atoms with Crippen LogP contribution in [0.5, 0.6) is 0 Å². The minimum Gasteiger partial charge on any atom is -0.324 e. The van der Waals surface area contributed by atoms with Gasteiger partial charge in [0.1, 0.15) is 12.2 Å². The van der Waals surface area contributed by atoms with Crippen molar-refractivity contribution in [1.29, 1.82) is 0 Å². The summed E-state index contributed by atoms with van der Waals surface area (Å²) in [6, 6.07) is 20.4. The van der Waals surface area contributed by atoms with Gasteiger partial charge in [0.05, 0.1) is 16.1 Å². The molecule has 33 heavy (non-hydrogen) atoms. The second-order valence-corrected chi connectivity index (χ2v) is 9.66. The van der Waals surface area contributed by atoms with Crippen molar-refractivity contribution < 1.29 is 8.42 Å². The van der Waals surface area contributed by atoms with Gasteiger partial charge in [-0.25, -0.2) is 28.1 Å². The van der Waals surface area contributed by atoms with Gasteiger partial charge in [0.25, 0.3) is 0 Å². The van der Waals surface area contributed by atoms with E-state index in [1.165, 1.54) is 6.26 Å². The van der Waals surface area contributed by atoms with Crippen molar-refractivity contribution in [2.45, 2.75) is 11.8 Å². The van der Waals surface area contributed by atoms with Crippen LogP contribution in [0.2, 0.25) is 0 Å². The van der Waals surface area contributed by atoms with Crippen molar-refractivity contribution >= 4 is 32.4 Å². The van der Waals surface area contributed by atoms with Crippen LogP contribution in [0.15, 0.2) is 84.1 Å². The summed E-state index contributed by atoms with van der Waals surface area (Å²) in [5.74, 6) is 1.18. The number of fused-ring (bicyclic) bond motifs is 1. The Bertz CT molecular complexity index is 1560. The maximum atomic E-state index is 11.8. The van der Waals surface area contributed by atoms with Crippen LogP contribution in [0.3, 0.4) is 0 Å². The highest BCUT2D eigenvalue weighted by Crippen LogP contribution is 2.29. The molecule has 5 aromatic rings.